The van der Waals surface area contributed by atoms with Crippen LogP contribution in [0.3, 0.4) is 0 Å². The molecule has 1 aromatic heterocycles. The van der Waals surface area contributed by atoms with E-state index in [1.807, 2.05) is 0 Å². The van der Waals surface area contributed by atoms with Gasteiger partial charge in [0.1, 0.15) is 5.75 Å². The van der Waals surface area contributed by atoms with Crippen molar-refractivity contribution in [1.82, 2.24) is 9.97 Å². The molecule has 0 atom stereocenters. The maximum absolute atomic E-state index is 5.98. The highest BCUT2D eigenvalue weighted by atomic mass is 79.9. The Labute approximate surface area is 117 Å². The Hall–Kier alpha value is -1.53. The van der Waals surface area contributed by atoms with Crippen molar-refractivity contribution in [3.05, 3.63) is 33.9 Å². The van der Waals surface area contributed by atoms with Gasteiger partial charge in [-0.25, -0.2) is 4.98 Å². The predicted molar refractivity (Wildman–Crippen MR) is 72.2 cm³/mol. The van der Waals surface area contributed by atoms with Gasteiger partial charge in [0, 0.05) is 5.69 Å². The van der Waals surface area contributed by atoms with E-state index in [1.165, 1.54) is 13.3 Å². The summed E-state index contributed by atoms with van der Waals surface area (Å²) in [5, 5.41) is 0.389. The van der Waals surface area contributed by atoms with Crippen molar-refractivity contribution in [2.45, 2.75) is 0 Å². The summed E-state index contributed by atoms with van der Waals surface area (Å²) in [5.41, 5.74) is 6.15. The fraction of sp³-hybridized carbons (Fsp3) is 0.0909. The number of hydrogen-bond acceptors (Lipinski definition) is 5. The predicted octanol–water partition coefficient (Wildman–Crippen LogP) is 3.28. The first kappa shape index (κ1) is 12.9. The van der Waals surface area contributed by atoms with Gasteiger partial charge >= 0.3 is 6.01 Å². The molecule has 94 valence electrons. The van der Waals surface area contributed by atoms with Crippen LogP contribution < -0.4 is 15.2 Å². The second-order valence-electron chi connectivity index (χ2n) is 3.30. The van der Waals surface area contributed by atoms with Crippen LogP contribution in [0.5, 0.6) is 17.6 Å². The van der Waals surface area contributed by atoms with Crippen LogP contribution >= 0.6 is 27.5 Å². The number of ether oxygens (including phenoxy) is 2. The van der Waals surface area contributed by atoms with Crippen molar-refractivity contribution >= 4 is 33.2 Å². The minimum Gasteiger partial charge on any atom is -0.480 e. The average Bonchev–Trinajstić information content (AvgIpc) is 2.35. The summed E-state index contributed by atoms with van der Waals surface area (Å²) in [6, 6.07) is 5.06. The van der Waals surface area contributed by atoms with E-state index >= 15 is 0 Å². The molecular weight excluding hydrogens is 321 g/mol. The van der Waals surface area contributed by atoms with Gasteiger partial charge in [-0.1, -0.05) is 11.6 Å². The van der Waals surface area contributed by atoms with Crippen LogP contribution in [0.1, 0.15) is 0 Å². The molecule has 0 amide bonds. The summed E-state index contributed by atoms with van der Waals surface area (Å²) in [6.45, 7) is 0. The summed E-state index contributed by atoms with van der Waals surface area (Å²) < 4.78 is 11.1. The molecule has 5 nitrogen and oxygen atoms in total. The molecule has 0 saturated heterocycles. The Morgan fingerprint density at radius 1 is 1.39 bits per heavy atom. The van der Waals surface area contributed by atoms with E-state index in [1.54, 1.807) is 18.2 Å². The summed E-state index contributed by atoms with van der Waals surface area (Å²) >= 11 is 9.24. The Balaban J connectivity index is 2.28. The van der Waals surface area contributed by atoms with Crippen LogP contribution in [-0.2, 0) is 0 Å². The van der Waals surface area contributed by atoms with Gasteiger partial charge in [0.15, 0.2) is 0 Å². The molecule has 0 aliphatic heterocycles. The number of nitrogen functional groups attached to an aromatic ring is 1. The lowest BCUT2D eigenvalue weighted by atomic mass is 10.3. The van der Waals surface area contributed by atoms with Gasteiger partial charge in [-0.05, 0) is 34.1 Å². The molecular formula is C11H9BrClN3O2. The number of halogens is 2. The SMILES string of the molecule is COc1nc(Oc2ccc(N)cc2Cl)ncc1Br. The molecule has 0 saturated carbocycles. The quantitative estimate of drug-likeness (QED) is 0.875. The van der Waals surface area contributed by atoms with Crippen molar-refractivity contribution < 1.29 is 9.47 Å². The van der Waals surface area contributed by atoms with Crippen LogP contribution in [0.4, 0.5) is 5.69 Å². The molecule has 18 heavy (non-hydrogen) atoms. The third-order valence-corrected chi connectivity index (χ3v) is 2.88. The van der Waals surface area contributed by atoms with E-state index in [0.29, 0.717) is 26.8 Å². The number of rotatable bonds is 3. The number of methoxy groups -OCH3 is 1. The molecule has 1 aromatic carbocycles. The Morgan fingerprint density at radius 2 is 2.17 bits per heavy atom. The van der Waals surface area contributed by atoms with Gasteiger partial charge in [0.05, 0.1) is 22.8 Å². The van der Waals surface area contributed by atoms with Gasteiger partial charge in [0.25, 0.3) is 0 Å². The highest BCUT2D eigenvalue weighted by Gasteiger charge is 2.09. The van der Waals surface area contributed by atoms with E-state index < -0.39 is 0 Å². The molecule has 0 fully saturated rings. The maximum Gasteiger partial charge on any atom is 0.325 e. The molecule has 1 heterocycles. The molecule has 2 aromatic rings. The van der Waals surface area contributed by atoms with E-state index in [-0.39, 0.29) is 6.01 Å². The van der Waals surface area contributed by atoms with Crippen LogP contribution in [0.15, 0.2) is 28.9 Å². The topological polar surface area (TPSA) is 70.3 Å². The van der Waals surface area contributed by atoms with Crippen LogP contribution in [0.2, 0.25) is 5.02 Å². The molecule has 0 aliphatic rings. The first-order valence-electron chi connectivity index (χ1n) is 4.89. The van der Waals surface area contributed by atoms with Crippen LogP contribution in [0, 0.1) is 0 Å². The minimum absolute atomic E-state index is 0.140. The lowest BCUT2D eigenvalue weighted by Gasteiger charge is -2.07. The fourth-order valence-corrected chi connectivity index (χ4v) is 1.81. The lowest BCUT2D eigenvalue weighted by Crippen LogP contribution is -1.96. The van der Waals surface area contributed by atoms with E-state index in [4.69, 9.17) is 26.8 Å². The Kier molecular flexibility index (Phi) is 3.88. The molecule has 0 bridgehead atoms. The number of hydrogen-bond donors (Lipinski definition) is 1. The molecule has 0 aliphatic carbocycles. The first-order chi connectivity index (χ1) is 8.60. The van der Waals surface area contributed by atoms with Crippen molar-refractivity contribution in [2.75, 3.05) is 12.8 Å². The number of nitrogens with zero attached hydrogens (tertiary/aromatic N) is 2. The van der Waals surface area contributed by atoms with E-state index in [9.17, 15) is 0 Å². The largest absolute Gasteiger partial charge is 0.480 e. The van der Waals surface area contributed by atoms with Crippen LogP contribution in [-0.4, -0.2) is 17.1 Å². The number of nitrogens with two attached hydrogens (primary N) is 1. The molecule has 0 spiro atoms. The first-order valence-corrected chi connectivity index (χ1v) is 6.06. The third-order valence-electron chi connectivity index (χ3n) is 2.04. The maximum atomic E-state index is 5.98. The zero-order valence-electron chi connectivity index (χ0n) is 9.35. The summed E-state index contributed by atoms with van der Waals surface area (Å²) in [5.74, 6) is 0.807. The van der Waals surface area contributed by atoms with Gasteiger partial charge in [-0.15, -0.1) is 0 Å². The number of aromatic nitrogens is 2. The molecule has 2 N–H and O–H groups in total. The molecule has 0 radical (unpaired) electrons. The van der Waals surface area contributed by atoms with Gasteiger partial charge in [-0.3, -0.25) is 0 Å². The number of anilines is 1. The highest BCUT2D eigenvalue weighted by Crippen LogP contribution is 2.31. The molecule has 2 rings (SSSR count). The van der Waals surface area contributed by atoms with Gasteiger partial charge < -0.3 is 15.2 Å². The van der Waals surface area contributed by atoms with Crippen molar-refractivity contribution in [1.29, 1.82) is 0 Å². The molecule has 7 heteroatoms. The highest BCUT2D eigenvalue weighted by molar-refractivity contribution is 9.10. The Morgan fingerprint density at radius 3 is 2.83 bits per heavy atom. The summed E-state index contributed by atoms with van der Waals surface area (Å²) in [7, 11) is 1.51. The van der Waals surface area contributed by atoms with Crippen molar-refractivity contribution in [2.24, 2.45) is 0 Å². The van der Waals surface area contributed by atoms with Gasteiger partial charge in [-0.2, -0.15) is 4.98 Å². The standard InChI is InChI=1S/C11H9BrClN3O2/c1-17-10-7(12)5-15-11(16-10)18-9-3-2-6(14)4-8(9)13/h2-5H,14H2,1H3. The Bertz CT molecular complexity index is 580. The third kappa shape index (κ3) is 2.83. The van der Waals surface area contributed by atoms with E-state index in [2.05, 4.69) is 25.9 Å². The smallest absolute Gasteiger partial charge is 0.325 e. The fourth-order valence-electron chi connectivity index (χ4n) is 1.23. The summed E-state index contributed by atoms with van der Waals surface area (Å²) in [6.07, 6.45) is 1.53. The summed E-state index contributed by atoms with van der Waals surface area (Å²) in [4.78, 5) is 8.05. The van der Waals surface area contributed by atoms with E-state index in [0.717, 1.165) is 0 Å². The van der Waals surface area contributed by atoms with Crippen molar-refractivity contribution in [3.8, 4) is 17.6 Å². The zero-order chi connectivity index (χ0) is 13.1. The second kappa shape index (κ2) is 5.41. The average molecular weight is 331 g/mol. The molecule has 0 unspecified atom stereocenters. The van der Waals surface area contributed by atoms with Crippen LogP contribution in [0.25, 0.3) is 0 Å². The van der Waals surface area contributed by atoms with Gasteiger partial charge in [0.2, 0.25) is 5.88 Å². The normalized spacial score (nSPS) is 10.2. The van der Waals surface area contributed by atoms with Crippen molar-refractivity contribution in [3.63, 3.8) is 0 Å². The monoisotopic (exact) mass is 329 g/mol. The lowest BCUT2D eigenvalue weighted by molar-refractivity contribution is 0.373. The minimum atomic E-state index is 0.140. The zero-order valence-corrected chi connectivity index (χ0v) is 11.7. The second-order valence-corrected chi connectivity index (χ2v) is 4.56. The number of benzene rings is 1.